The first-order valence-electron chi connectivity index (χ1n) is 5.12. The second-order valence-corrected chi connectivity index (χ2v) is 4.65. The van der Waals surface area contributed by atoms with E-state index in [1.54, 1.807) is 11.3 Å². The van der Waals surface area contributed by atoms with Crippen LogP contribution < -0.4 is 11.1 Å². The third-order valence-electron chi connectivity index (χ3n) is 2.41. The van der Waals surface area contributed by atoms with Crippen molar-refractivity contribution in [3.8, 4) is 0 Å². The number of rotatable bonds is 4. The van der Waals surface area contributed by atoms with Gasteiger partial charge < -0.3 is 15.5 Å². The Balaban J connectivity index is 1.87. The van der Waals surface area contributed by atoms with Gasteiger partial charge in [0.2, 0.25) is 5.89 Å². The van der Waals surface area contributed by atoms with E-state index in [1.165, 1.54) is 0 Å². The number of aryl methyl sites for hydroxylation is 2. The summed E-state index contributed by atoms with van der Waals surface area (Å²) in [5, 5.41) is 5.25. The predicted molar refractivity (Wildman–Crippen MR) is 65.3 cm³/mol. The molecule has 0 aliphatic heterocycles. The van der Waals surface area contributed by atoms with Crippen LogP contribution in [-0.2, 0) is 13.1 Å². The van der Waals surface area contributed by atoms with Gasteiger partial charge in [-0.2, -0.15) is 0 Å². The Kier molecular flexibility index (Phi) is 3.26. The first-order chi connectivity index (χ1) is 7.66. The number of nitrogens with zero attached hydrogens (tertiary/aromatic N) is 1. The molecule has 0 aromatic carbocycles. The Labute approximate surface area is 98.5 Å². The van der Waals surface area contributed by atoms with Crippen LogP contribution in [0.2, 0.25) is 0 Å². The van der Waals surface area contributed by atoms with Gasteiger partial charge in [0.25, 0.3) is 0 Å². The number of nitrogen functional groups attached to an aromatic ring is 1. The molecule has 3 N–H and O–H groups in total. The van der Waals surface area contributed by atoms with Gasteiger partial charge in [0.15, 0.2) is 0 Å². The lowest BCUT2D eigenvalue weighted by atomic mass is 10.4. The van der Waals surface area contributed by atoms with Crippen molar-refractivity contribution in [1.29, 1.82) is 0 Å². The summed E-state index contributed by atoms with van der Waals surface area (Å²) in [6.07, 6.45) is 0. The van der Waals surface area contributed by atoms with Crippen LogP contribution in [0.15, 0.2) is 15.9 Å². The van der Waals surface area contributed by atoms with Gasteiger partial charge in [0, 0.05) is 17.1 Å². The van der Waals surface area contributed by atoms with Crippen molar-refractivity contribution in [2.24, 2.45) is 0 Å². The van der Waals surface area contributed by atoms with Crippen LogP contribution in [0.4, 0.5) is 5.69 Å². The van der Waals surface area contributed by atoms with Gasteiger partial charge >= 0.3 is 0 Å². The summed E-state index contributed by atoms with van der Waals surface area (Å²) in [4.78, 5) is 5.45. The molecule has 2 rings (SSSR count). The largest absolute Gasteiger partial charge is 0.444 e. The number of thiophene rings is 1. The number of hydrogen-bond donors (Lipinski definition) is 2. The topological polar surface area (TPSA) is 64.1 Å². The fourth-order valence-corrected chi connectivity index (χ4v) is 2.16. The van der Waals surface area contributed by atoms with Crippen LogP contribution in [0.3, 0.4) is 0 Å². The summed E-state index contributed by atoms with van der Waals surface area (Å²) in [5.41, 5.74) is 7.58. The van der Waals surface area contributed by atoms with E-state index in [2.05, 4.69) is 10.3 Å². The average Bonchev–Trinajstić information content (AvgIpc) is 2.76. The number of nitrogens with one attached hydrogen (secondary N) is 1. The van der Waals surface area contributed by atoms with Crippen molar-refractivity contribution >= 4 is 17.0 Å². The molecule has 0 radical (unpaired) electrons. The van der Waals surface area contributed by atoms with Crippen molar-refractivity contribution in [3.05, 3.63) is 33.7 Å². The third-order valence-corrected chi connectivity index (χ3v) is 3.35. The van der Waals surface area contributed by atoms with Gasteiger partial charge in [-0.3, -0.25) is 0 Å². The zero-order valence-corrected chi connectivity index (χ0v) is 10.2. The molecule has 0 aliphatic carbocycles. The maximum Gasteiger partial charge on any atom is 0.208 e. The summed E-state index contributed by atoms with van der Waals surface area (Å²) in [6, 6.07) is 1.92. The lowest BCUT2D eigenvalue weighted by Crippen LogP contribution is -2.12. The zero-order chi connectivity index (χ0) is 11.5. The third kappa shape index (κ3) is 2.43. The summed E-state index contributed by atoms with van der Waals surface area (Å²) >= 11 is 1.65. The van der Waals surface area contributed by atoms with Gasteiger partial charge in [-0.25, -0.2) is 4.98 Å². The zero-order valence-electron chi connectivity index (χ0n) is 9.41. The number of hydrogen-bond acceptors (Lipinski definition) is 5. The molecule has 2 heterocycles. The molecule has 5 heteroatoms. The van der Waals surface area contributed by atoms with Crippen LogP contribution in [0.5, 0.6) is 0 Å². The van der Waals surface area contributed by atoms with E-state index in [-0.39, 0.29) is 0 Å². The average molecular weight is 237 g/mol. The molecular formula is C11H15N3OS. The highest BCUT2D eigenvalue weighted by atomic mass is 32.1. The molecule has 16 heavy (non-hydrogen) atoms. The van der Waals surface area contributed by atoms with E-state index in [0.29, 0.717) is 6.54 Å². The molecule has 0 amide bonds. The Morgan fingerprint density at radius 1 is 1.44 bits per heavy atom. The maximum absolute atomic E-state index is 5.78. The van der Waals surface area contributed by atoms with Gasteiger partial charge in [0.1, 0.15) is 5.76 Å². The fraction of sp³-hybridized carbons (Fsp3) is 0.364. The Morgan fingerprint density at radius 2 is 2.25 bits per heavy atom. The minimum Gasteiger partial charge on any atom is -0.444 e. The highest BCUT2D eigenvalue weighted by Crippen LogP contribution is 2.18. The van der Waals surface area contributed by atoms with E-state index >= 15 is 0 Å². The predicted octanol–water partition coefficient (Wildman–Crippen LogP) is 2.22. The molecule has 0 saturated carbocycles. The fourth-order valence-electron chi connectivity index (χ4n) is 1.39. The van der Waals surface area contributed by atoms with Crippen LogP contribution in [0, 0.1) is 13.8 Å². The minimum atomic E-state index is 0.631. The Hall–Kier alpha value is -1.33. The quantitative estimate of drug-likeness (QED) is 0.856. The summed E-state index contributed by atoms with van der Waals surface area (Å²) in [6.45, 7) is 5.25. The van der Waals surface area contributed by atoms with E-state index in [4.69, 9.17) is 10.2 Å². The highest BCUT2D eigenvalue weighted by Gasteiger charge is 2.05. The molecule has 0 saturated heterocycles. The second-order valence-electron chi connectivity index (χ2n) is 3.65. The normalized spacial score (nSPS) is 10.9. The molecule has 0 aliphatic rings. The molecular weight excluding hydrogens is 222 g/mol. The number of aromatic nitrogens is 1. The van der Waals surface area contributed by atoms with Gasteiger partial charge in [-0.1, -0.05) is 0 Å². The molecule has 0 atom stereocenters. The van der Waals surface area contributed by atoms with Crippen LogP contribution >= 0.6 is 11.3 Å². The molecule has 2 aromatic rings. The van der Waals surface area contributed by atoms with E-state index in [0.717, 1.165) is 34.5 Å². The van der Waals surface area contributed by atoms with Crippen LogP contribution in [-0.4, -0.2) is 4.98 Å². The van der Waals surface area contributed by atoms with Gasteiger partial charge in [-0.15, -0.1) is 11.3 Å². The maximum atomic E-state index is 5.78. The SMILES string of the molecule is Cc1nc(CNCc2sccc2N)oc1C. The van der Waals surface area contributed by atoms with Crippen molar-refractivity contribution in [2.45, 2.75) is 26.9 Å². The highest BCUT2D eigenvalue weighted by molar-refractivity contribution is 7.10. The monoisotopic (exact) mass is 237 g/mol. The van der Waals surface area contributed by atoms with Crippen molar-refractivity contribution < 1.29 is 4.42 Å². The van der Waals surface area contributed by atoms with Crippen LogP contribution in [0.1, 0.15) is 22.2 Å². The number of anilines is 1. The Bertz CT molecular complexity index is 456. The van der Waals surface area contributed by atoms with Gasteiger partial charge in [0.05, 0.1) is 12.2 Å². The first-order valence-corrected chi connectivity index (χ1v) is 6.00. The van der Waals surface area contributed by atoms with Crippen molar-refractivity contribution in [1.82, 2.24) is 10.3 Å². The first kappa shape index (κ1) is 11.2. The lowest BCUT2D eigenvalue weighted by molar-refractivity contribution is 0.449. The van der Waals surface area contributed by atoms with Crippen molar-refractivity contribution in [2.75, 3.05) is 5.73 Å². The summed E-state index contributed by atoms with van der Waals surface area (Å²) < 4.78 is 5.46. The molecule has 0 bridgehead atoms. The molecule has 4 nitrogen and oxygen atoms in total. The minimum absolute atomic E-state index is 0.631. The molecule has 0 unspecified atom stereocenters. The number of oxazole rings is 1. The standard InChI is InChI=1S/C11H15N3OS/c1-7-8(2)15-11(14-7)6-13-5-10-9(12)3-4-16-10/h3-4,13H,5-6,12H2,1-2H3. The van der Waals surface area contributed by atoms with E-state index in [9.17, 15) is 0 Å². The second kappa shape index (κ2) is 4.67. The summed E-state index contributed by atoms with van der Waals surface area (Å²) in [7, 11) is 0. The molecule has 86 valence electrons. The van der Waals surface area contributed by atoms with E-state index < -0.39 is 0 Å². The summed E-state index contributed by atoms with van der Waals surface area (Å²) in [5.74, 6) is 1.61. The van der Waals surface area contributed by atoms with Gasteiger partial charge in [-0.05, 0) is 25.3 Å². The van der Waals surface area contributed by atoms with Crippen molar-refractivity contribution in [3.63, 3.8) is 0 Å². The number of nitrogens with two attached hydrogens (primary N) is 1. The smallest absolute Gasteiger partial charge is 0.208 e. The molecule has 0 fully saturated rings. The molecule has 0 spiro atoms. The Morgan fingerprint density at radius 3 is 2.81 bits per heavy atom. The lowest BCUT2D eigenvalue weighted by Gasteiger charge is -2.00. The van der Waals surface area contributed by atoms with E-state index in [1.807, 2.05) is 25.3 Å². The molecule has 2 aromatic heterocycles. The van der Waals surface area contributed by atoms with Crippen LogP contribution in [0.25, 0.3) is 0 Å².